The molecule has 0 aliphatic carbocycles. The summed E-state index contributed by atoms with van der Waals surface area (Å²) in [4.78, 5) is 0. The number of hydrogen-bond donors (Lipinski definition) is 1. The van der Waals surface area contributed by atoms with Gasteiger partial charge in [-0.2, -0.15) is 11.3 Å². The molecular formula is C14H18ClNOS. The molecule has 18 heavy (non-hydrogen) atoms. The van der Waals surface area contributed by atoms with Gasteiger partial charge in [0.2, 0.25) is 0 Å². The van der Waals surface area contributed by atoms with Crippen LogP contribution in [0.4, 0.5) is 0 Å². The lowest BCUT2D eigenvalue weighted by molar-refractivity contribution is 0.414. The summed E-state index contributed by atoms with van der Waals surface area (Å²) in [6.07, 6.45) is 1.05. The van der Waals surface area contributed by atoms with E-state index in [1.54, 1.807) is 18.4 Å². The van der Waals surface area contributed by atoms with Gasteiger partial charge in [0.1, 0.15) is 5.75 Å². The summed E-state index contributed by atoms with van der Waals surface area (Å²) in [5.41, 5.74) is 2.70. The van der Waals surface area contributed by atoms with Crippen molar-refractivity contribution in [3.8, 4) is 5.75 Å². The summed E-state index contributed by atoms with van der Waals surface area (Å²) >= 11 is 1.74. The summed E-state index contributed by atoms with van der Waals surface area (Å²) < 4.78 is 5.13. The molecule has 0 saturated heterocycles. The topological polar surface area (TPSA) is 21.3 Å². The van der Waals surface area contributed by atoms with Gasteiger partial charge in [0, 0.05) is 6.54 Å². The molecule has 0 unspecified atom stereocenters. The lowest BCUT2D eigenvalue weighted by Crippen LogP contribution is -2.16. The van der Waals surface area contributed by atoms with Crippen LogP contribution in [0.15, 0.2) is 41.1 Å². The predicted molar refractivity (Wildman–Crippen MR) is 80.0 cm³/mol. The van der Waals surface area contributed by atoms with E-state index in [1.807, 2.05) is 12.1 Å². The van der Waals surface area contributed by atoms with E-state index in [9.17, 15) is 0 Å². The lowest BCUT2D eigenvalue weighted by atomic mass is 10.1. The van der Waals surface area contributed by atoms with Crippen LogP contribution in [-0.2, 0) is 13.0 Å². The van der Waals surface area contributed by atoms with Crippen molar-refractivity contribution >= 4 is 23.7 Å². The summed E-state index contributed by atoms with van der Waals surface area (Å²) in [6.45, 7) is 1.96. The zero-order chi connectivity index (χ0) is 11.9. The summed E-state index contributed by atoms with van der Waals surface area (Å²) in [5.74, 6) is 0.917. The Kier molecular flexibility index (Phi) is 6.80. The van der Waals surface area contributed by atoms with E-state index in [-0.39, 0.29) is 12.4 Å². The first kappa shape index (κ1) is 15.0. The van der Waals surface area contributed by atoms with Crippen molar-refractivity contribution in [1.29, 1.82) is 0 Å². The van der Waals surface area contributed by atoms with Crippen LogP contribution in [0.5, 0.6) is 5.75 Å². The van der Waals surface area contributed by atoms with Crippen LogP contribution in [0.2, 0.25) is 0 Å². The molecule has 1 N–H and O–H groups in total. The molecule has 0 aliphatic heterocycles. The largest absolute Gasteiger partial charge is 0.497 e. The SMILES string of the molecule is COc1ccc(CCNCc2ccsc2)cc1.Cl. The van der Waals surface area contributed by atoms with Crippen LogP contribution < -0.4 is 10.1 Å². The molecule has 0 atom stereocenters. The average Bonchev–Trinajstić information content (AvgIpc) is 2.88. The summed E-state index contributed by atoms with van der Waals surface area (Å²) in [7, 11) is 1.69. The first-order chi connectivity index (χ1) is 8.38. The molecule has 4 heteroatoms. The third kappa shape index (κ3) is 4.69. The van der Waals surface area contributed by atoms with Crippen LogP contribution in [0.25, 0.3) is 0 Å². The van der Waals surface area contributed by atoms with Gasteiger partial charge in [0.15, 0.2) is 0 Å². The Balaban J connectivity index is 0.00000162. The Hall–Kier alpha value is -1.03. The highest BCUT2D eigenvalue weighted by Gasteiger charge is 1.95. The number of rotatable bonds is 6. The minimum atomic E-state index is 0. The van der Waals surface area contributed by atoms with E-state index in [0.717, 1.165) is 25.3 Å². The molecule has 2 rings (SSSR count). The maximum atomic E-state index is 5.13. The highest BCUT2D eigenvalue weighted by atomic mass is 35.5. The van der Waals surface area contributed by atoms with Crippen molar-refractivity contribution in [2.75, 3.05) is 13.7 Å². The molecule has 0 aliphatic rings. The van der Waals surface area contributed by atoms with E-state index in [1.165, 1.54) is 11.1 Å². The second-order valence-electron chi connectivity index (χ2n) is 3.91. The zero-order valence-corrected chi connectivity index (χ0v) is 12.0. The van der Waals surface area contributed by atoms with E-state index >= 15 is 0 Å². The van der Waals surface area contributed by atoms with Gasteiger partial charge < -0.3 is 10.1 Å². The maximum Gasteiger partial charge on any atom is 0.118 e. The Labute approximate surface area is 118 Å². The molecule has 0 amide bonds. The maximum absolute atomic E-state index is 5.13. The third-order valence-corrected chi connectivity index (χ3v) is 3.39. The molecule has 98 valence electrons. The Morgan fingerprint density at radius 1 is 1.11 bits per heavy atom. The number of halogens is 1. The fraction of sp³-hybridized carbons (Fsp3) is 0.286. The minimum absolute atomic E-state index is 0. The van der Waals surface area contributed by atoms with Gasteiger partial charge in [0.05, 0.1) is 7.11 Å². The van der Waals surface area contributed by atoms with Gasteiger partial charge in [0.25, 0.3) is 0 Å². The first-order valence-electron chi connectivity index (χ1n) is 5.73. The number of hydrogen-bond acceptors (Lipinski definition) is 3. The number of ether oxygens (including phenoxy) is 1. The molecule has 1 aromatic carbocycles. The summed E-state index contributed by atoms with van der Waals surface area (Å²) in [5, 5.41) is 7.73. The molecule has 0 bridgehead atoms. The minimum Gasteiger partial charge on any atom is -0.497 e. The van der Waals surface area contributed by atoms with E-state index in [4.69, 9.17) is 4.74 Å². The molecule has 0 radical (unpaired) electrons. The molecule has 0 spiro atoms. The molecule has 1 heterocycles. The lowest BCUT2D eigenvalue weighted by Gasteiger charge is -2.05. The van der Waals surface area contributed by atoms with Gasteiger partial charge in [-0.15, -0.1) is 12.4 Å². The molecule has 2 nitrogen and oxygen atoms in total. The fourth-order valence-corrected chi connectivity index (χ4v) is 2.32. The predicted octanol–water partition coefficient (Wildman–Crippen LogP) is 3.51. The van der Waals surface area contributed by atoms with Crippen molar-refractivity contribution < 1.29 is 4.74 Å². The quantitative estimate of drug-likeness (QED) is 0.819. The number of nitrogens with one attached hydrogen (secondary N) is 1. The highest BCUT2D eigenvalue weighted by Crippen LogP contribution is 2.11. The number of benzene rings is 1. The molecule has 2 aromatic rings. The second kappa shape index (κ2) is 8.14. The zero-order valence-electron chi connectivity index (χ0n) is 10.4. The molecule has 0 saturated carbocycles. The van der Waals surface area contributed by atoms with Gasteiger partial charge in [-0.1, -0.05) is 12.1 Å². The van der Waals surface area contributed by atoms with Crippen LogP contribution in [-0.4, -0.2) is 13.7 Å². The Morgan fingerprint density at radius 2 is 1.89 bits per heavy atom. The number of methoxy groups -OCH3 is 1. The molecule has 0 fully saturated rings. The van der Waals surface area contributed by atoms with Gasteiger partial charge in [-0.05, 0) is 53.1 Å². The summed E-state index contributed by atoms with van der Waals surface area (Å²) in [6, 6.07) is 10.4. The normalized spacial score (nSPS) is 9.83. The number of thiophene rings is 1. The van der Waals surface area contributed by atoms with Crippen LogP contribution >= 0.6 is 23.7 Å². The van der Waals surface area contributed by atoms with Gasteiger partial charge >= 0.3 is 0 Å². The smallest absolute Gasteiger partial charge is 0.118 e. The van der Waals surface area contributed by atoms with E-state index in [2.05, 4.69) is 34.3 Å². The van der Waals surface area contributed by atoms with Crippen molar-refractivity contribution in [3.63, 3.8) is 0 Å². The monoisotopic (exact) mass is 283 g/mol. The van der Waals surface area contributed by atoms with Crippen LogP contribution in [0.3, 0.4) is 0 Å². The molecule has 1 aromatic heterocycles. The van der Waals surface area contributed by atoms with Crippen molar-refractivity contribution in [2.24, 2.45) is 0 Å². The van der Waals surface area contributed by atoms with Crippen molar-refractivity contribution in [3.05, 3.63) is 52.2 Å². The Morgan fingerprint density at radius 3 is 2.50 bits per heavy atom. The first-order valence-corrected chi connectivity index (χ1v) is 6.67. The van der Waals surface area contributed by atoms with Crippen molar-refractivity contribution in [2.45, 2.75) is 13.0 Å². The average molecular weight is 284 g/mol. The van der Waals surface area contributed by atoms with Crippen LogP contribution in [0, 0.1) is 0 Å². The highest BCUT2D eigenvalue weighted by molar-refractivity contribution is 7.07. The second-order valence-corrected chi connectivity index (χ2v) is 4.69. The standard InChI is InChI=1S/C14H17NOS.ClH/c1-16-14-4-2-12(3-5-14)6-8-15-10-13-7-9-17-11-13;/h2-5,7,9,11,15H,6,8,10H2,1H3;1H. The van der Waals surface area contributed by atoms with Gasteiger partial charge in [-0.3, -0.25) is 0 Å². The van der Waals surface area contributed by atoms with Gasteiger partial charge in [-0.25, -0.2) is 0 Å². The van der Waals surface area contributed by atoms with Crippen molar-refractivity contribution in [1.82, 2.24) is 5.32 Å². The Bertz CT molecular complexity index is 428. The van der Waals surface area contributed by atoms with Crippen LogP contribution in [0.1, 0.15) is 11.1 Å². The molecular weight excluding hydrogens is 266 g/mol. The fourth-order valence-electron chi connectivity index (χ4n) is 1.65. The van der Waals surface area contributed by atoms with E-state index in [0.29, 0.717) is 0 Å². The third-order valence-electron chi connectivity index (χ3n) is 2.66. The van der Waals surface area contributed by atoms with E-state index < -0.39 is 0 Å².